The number of rotatable bonds is 4. The number of carbonyl (C=O) groups excluding carboxylic acids is 1. The molecule has 1 aliphatic carbocycles. The molecule has 0 saturated heterocycles. The summed E-state index contributed by atoms with van der Waals surface area (Å²) >= 11 is 6.00. The van der Waals surface area contributed by atoms with Gasteiger partial charge < -0.3 is 14.8 Å². The summed E-state index contributed by atoms with van der Waals surface area (Å²) in [5.41, 5.74) is 0.586. The number of benzene rings is 1. The van der Waals surface area contributed by atoms with Crippen molar-refractivity contribution in [1.82, 2.24) is 0 Å². The van der Waals surface area contributed by atoms with Gasteiger partial charge in [0.15, 0.2) is 0 Å². The van der Waals surface area contributed by atoms with Crippen molar-refractivity contribution in [3.8, 4) is 11.5 Å². The zero-order chi connectivity index (χ0) is 13.3. The van der Waals surface area contributed by atoms with Crippen molar-refractivity contribution in [1.29, 1.82) is 0 Å². The monoisotopic (exact) mass is 269 g/mol. The first-order valence-electron chi connectivity index (χ1n) is 5.79. The Morgan fingerprint density at radius 1 is 1.33 bits per heavy atom. The Balaban J connectivity index is 2.22. The molecule has 1 saturated carbocycles. The third-order valence-electron chi connectivity index (χ3n) is 3.18. The first-order valence-corrected chi connectivity index (χ1v) is 6.17. The number of nitrogens with one attached hydrogen (secondary N) is 1. The van der Waals surface area contributed by atoms with Gasteiger partial charge in [-0.1, -0.05) is 18.5 Å². The molecule has 1 aliphatic rings. The second-order valence-electron chi connectivity index (χ2n) is 4.50. The molecule has 18 heavy (non-hydrogen) atoms. The fraction of sp³-hybridized carbons (Fsp3) is 0.462. The molecule has 1 N–H and O–H groups in total. The van der Waals surface area contributed by atoms with Crippen molar-refractivity contribution in [2.75, 3.05) is 19.5 Å². The molecule has 4 nitrogen and oxygen atoms in total. The van der Waals surface area contributed by atoms with Crippen LogP contribution in [0.2, 0.25) is 5.02 Å². The van der Waals surface area contributed by atoms with Crippen molar-refractivity contribution in [3.63, 3.8) is 0 Å². The van der Waals surface area contributed by atoms with Gasteiger partial charge in [-0.25, -0.2) is 0 Å². The molecule has 0 aromatic heterocycles. The number of halogens is 1. The van der Waals surface area contributed by atoms with Crippen LogP contribution in [0, 0.1) is 11.8 Å². The summed E-state index contributed by atoms with van der Waals surface area (Å²) in [7, 11) is 3.07. The van der Waals surface area contributed by atoms with Gasteiger partial charge in [0.05, 0.1) is 24.9 Å². The minimum absolute atomic E-state index is 0.0187. The van der Waals surface area contributed by atoms with E-state index in [0.29, 0.717) is 28.1 Å². The molecule has 1 fully saturated rings. The van der Waals surface area contributed by atoms with Crippen LogP contribution in [0.5, 0.6) is 11.5 Å². The molecule has 0 spiro atoms. The summed E-state index contributed by atoms with van der Waals surface area (Å²) in [5.74, 6) is 1.63. The lowest BCUT2D eigenvalue weighted by Gasteiger charge is -2.13. The Kier molecular flexibility index (Phi) is 3.66. The number of methoxy groups -OCH3 is 2. The average molecular weight is 270 g/mol. The van der Waals surface area contributed by atoms with E-state index in [0.717, 1.165) is 6.42 Å². The van der Waals surface area contributed by atoms with Crippen LogP contribution in [0.15, 0.2) is 12.1 Å². The van der Waals surface area contributed by atoms with E-state index < -0.39 is 0 Å². The number of amides is 1. The molecule has 5 heteroatoms. The smallest absolute Gasteiger partial charge is 0.227 e. The van der Waals surface area contributed by atoms with Crippen molar-refractivity contribution in [3.05, 3.63) is 17.2 Å². The number of hydrogen-bond acceptors (Lipinski definition) is 3. The molecule has 1 aromatic carbocycles. The van der Waals surface area contributed by atoms with E-state index in [1.165, 1.54) is 14.2 Å². The molecule has 0 bridgehead atoms. The molecule has 1 aromatic rings. The van der Waals surface area contributed by atoms with Crippen LogP contribution in [0.25, 0.3) is 0 Å². The van der Waals surface area contributed by atoms with Gasteiger partial charge in [0.2, 0.25) is 5.91 Å². The summed E-state index contributed by atoms with van der Waals surface area (Å²) in [6.45, 7) is 2.06. The largest absolute Gasteiger partial charge is 0.495 e. The van der Waals surface area contributed by atoms with E-state index >= 15 is 0 Å². The quantitative estimate of drug-likeness (QED) is 0.914. The SMILES string of the molecule is COc1cc(NC(=O)[C@H]2C[C@@H]2C)c(OC)cc1Cl. The number of anilines is 1. The minimum atomic E-state index is 0.0187. The number of hydrogen-bond donors (Lipinski definition) is 1. The van der Waals surface area contributed by atoms with E-state index in [9.17, 15) is 4.79 Å². The van der Waals surface area contributed by atoms with Gasteiger partial charge in [-0.15, -0.1) is 0 Å². The maximum Gasteiger partial charge on any atom is 0.227 e. The van der Waals surface area contributed by atoms with Gasteiger partial charge in [0.1, 0.15) is 11.5 Å². The Bertz CT molecular complexity index is 476. The van der Waals surface area contributed by atoms with Gasteiger partial charge in [-0.2, -0.15) is 0 Å². The molecule has 98 valence electrons. The molecule has 0 aliphatic heterocycles. The molecule has 0 heterocycles. The van der Waals surface area contributed by atoms with Crippen LogP contribution < -0.4 is 14.8 Å². The van der Waals surface area contributed by atoms with E-state index in [1.54, 1.807) is 12.1 Å². The second kappa shape index (κ2) is 5.06. The van der Waals surface area contributed by atoms with Gasteiger partial charge in [-0.3, -0.25) is 4.79 Å². The lowest BCUT2D eigenvalue weighted by atomic mass is 10.2. The Labute approximate surface area is 111 Å². The highest BCUT2D eigenvalue weighted by Crippen LogP contribution is 2.40. The van der Waals surface area contributed by atoms with Gasteiger partial charge >= 0.3 is 0 Å². The number of carbonyl (C=O) groups is 1. The minimum Gasteiger partial charge on any atom is -0.495 e. The molecule has 0 radical (unpaired) electrons. The molecular weight excluding hydrogens is 254 g/mol. The first kappa shape index (κ1) is 13.0. The highest BCUT2D eigenvalue weighted by Gasteiger charge is 2.39. The topological polar surface area (TPSA) is 47.6 Å². The van der Waals surface area contributed by atoms with Crippen LogP contribution in [-0.2, 0) is 4.79 Å². The Hall–Kier alpha value is -1.42. The highest BCUT2D eigenvalue weighted by molar-refractivity contribution is 6.32. The van der Waals surface area contributed by atoms with Gasteiger partial charge in [0.25, 0.3) is 0 Å². The van der Waals surface area contributed by atoms with Crippen LogP contribution >= 0.6 is 11.6 Å². The standard InChI is InChI=1S/C13H16ClNO3/c1-7-4-8(7)13(16)15-10-6-11(17-2)9(14)5-12(10)18-3/h5-8H,4H2,1-3H3,(H,15,16)/t7-,8-/m0/s1. The Morgan fingerprint density at radius 3 is 2.44 bits per heavy atom. The van der Waals surface area contributed by atoms with Gasteiger partial charge in [-0.05, 0) is 12.3 Å². The highest BCUT2D eigenvalue weighted by atomic mass is 35.5. The van der Waals surface area contributed by atoms with Crippen molar-refractivity contribution in [2.24, 2.45) is 11.8 Å². The third-order valence-corrected chi connectivity index (χ3v) is 3.47. The summed E-state index contributed by atoms with van der Waals surface area (Å²) in [6.07, 6.45) is 0.943. The normalized spacial score (nSPS) is 21.3. The molecule has 2 rings (SSSR count). The van der Waals surface area contributed by atoms with Crippen LogP contribution in [-0.4, -0.2) is 20.1 Å². The molecule has 0 unspecified atom stereocenters. The summed E-state index contributed by atoms with van der Waals surface area (Å²) in [5, 5.41) is 3.30. The predicted octanol–water partition coefficient (Wildman–Crippen LogP) is 2.95. The van der Waals surface area contributed by atoms with E-state index in [2.05, 4.69) is 12.2 Å². The lowest BCUT2D eigenvalue weighted by molar-refractivity contribution is -0.117. The number of ether oxygens (including phenoxy) is 2. The average Bonchev–Trinajstić information content (AvgIpc) is 3.08. The summed E-state index contributed by atoms with van der Waals surface area (Å²) in [6, 6.07) is 3.30. The van der Waals surface area contributed by atoms with Crippen molar-refractivity contribution in [2.45, 2.75) is 13.3 Å². The van der Waals surface area contributed by atoms with Crippen molar-refractivity contribution >= 4 is 23.2 Å². The molecular formula is C13H16ClNO3. The summed E-state index contributed by atoms with van der Waals surface area (Å²) in [4.78, 5) is 11.9. The van der Waals surface area contributed by atoms with Gasteiger partial charge in [0, 0.05) is 18.1 Å². The van der Waals surface area contributed by atoms with E-state index in [1.807, 2.05) is 0 Å². The van der Waals surface area contributed by atoms with Crippen LogP contribution in [0.3, 0.4) is 0 Å². The maximum atomic E-state index is 11.9. The second-order valence-corrected chi connectivity index (χ2v) is 4.90. The zero-order valence-corrected chi connectivity index (χ0v) is 11.4. The van der Waals surface area contributed by atoms with Crippen molar-refractivity contribution < 1.29 is 14.3 Å². The summed E-state index contributed by atoms with van der Waals surface area (Å²) < 4.78 is 10.3. The lowest BCUT2D eigenvalue weighted by Crippen LogP contribution is -2.15. The fourth-order valence-electron chi connectivity index (χ4n) is 1.87. The first-order chi connectivity index (χ1) is 8.56. The van der Waals surface area contributed by atoms with Crippen LogP contribution in [0.4, 0.5) is 5.69 Å². The third kappa shape index (κ3) is 2.53. The maximum absolute atomic E-state index is 11.9. The molecule has 1 amide bonds. The molecule has 2 atom stereocenters. The van der Waals surface area contributed by atoms with Crippen LogP contribution in [0.1, 0.15) is 13.3 Å². The zero-order valence-electron chi connectivity index (χ0n) is 10.6. The Morgan fingerprint density at radius 2 is 1.94 bits per heavy atom. The van der Waals surface area contributed by atoms with E-state index in [4.69, 9.17) is 21.1 Å². The predicted molar refractivity (Wildman–Crippen MR) is 70.5 cm³/mol. The fourth-order valence-corrected chi connectivity index (χ4v) is 2.10. The van der Waals surface area contributed by atoms with E-state index in [-0.39, 0.29) is 11.8 Å².